The molecule has 1 aromatic carbocycles. The van der Waals surface area contributed by atoms with Gasteiger partial charge >= 0.3 is 0 Å². The molecule has 3 unspecified atom stereocenters. The highest BCUT2D eigenvalue weighted by Crippen LogP contribution is 2.39. The van der Waals surface area contributed by atoms with Gasteiger partial charge < -0.3 is 29.6 Å². The van der Waals surface area contributed by atoms with Gasteiger partial charge in [-0.2, -0.15) is 0 Å². The number of nitrogens with one attached hydrogen (secondary N) is 2. The second-order valence-electron chi connectivity index (χ2n) is 6.60. The highest BCUT2D eigenvalue weighted by Gasteiger charge is 2.41. The van der Waals surface area contributed by atoms with E-state index in [1.807, 2.05) is 12.1 Å². The normalized spacial score (nSPS) is 24.5. The van der Waals surface area contributed by atoms with E-state index < -0.39 is 0 Å². The fraction of sp³-hybridized carbons (Fsp3) is 0.632. The Morgan fingerprint density at radius 3 is 2.54 bits per heavy atom. The van der Waals surface area contributed by atoms with Crippen LogP contribution in [0.15, 0.2) is 17.1 Å². The number of fused-ring (bicyclic) bond motifs is 2. The van der Waals surface area contributed by atoms with Crippen LogP contribution in [-0.2, 0) is 11.2 Å². The first-order chi connectivity index (χ1) is 12.7. The van der Waals surface area contributed by atoms with Crippen LogP contribution in [0.5, 0.6) is 17.2 Å². The lowest BCUT2D eigenvalue weighted by Crippen LogP contribution is -2.47. The summed E-state index contributed by atoms with van der Waals surface area (Å²) in [4.78, 5) is 4.33. The number of ether oxygens (including phenoxy) is 4. The van der Waals surface area contributed by atoms with Gasteiger partial charge in [0.15, 0.2) is 17.5 Å². The molecule has 0 amide bonds. The second kappa shape index (κ2) is 8.49. The Bertz CT molecular complexity index is 650. The van der Waals surface area contributed by atoms with Gasteiger partial charge in [0.05, 0.1) is 39.6 Å². The third-order valence-corrected chi connectivity index (χ3v) is 5.12. The van der Waals surface area contributed by atoms with E-state index >= 15 is 0 Å². The van der Waals surface area contributed by atoms with Gasteiger partial charge in [0.2, 0.25) is 5.75 Å². The molecule has 144 valence electrons. The molecule has 2 saturated heterocycles. The van der Waals surface area contributed by atoms with Crippen LogP contribution in [0.2, 0.25) is 0 Å². The van der Waals surface area contributed by atoms with Crippen LogP contribution in [0.25, 0.3) is 0 Å². The van der Waals surface area contributed by atoms with Crippen LogP contribution in [-0.4, -0.2) is 59.1 Å². The second-order valence-corrected chi connectivity index (χ2v) is 6.60. The van der Waals surface area contributed by atoms with Crippen molar-refractivity contribution in [3.05, 3.63) is 17.7 Å². The summed E-state index contributed by atoms with van der Waals surface area (Å²) in [5.74, 6) is 2.80. The topological polar surface area (TPSA) is 73.3 Å². The van der Waals surface area contributed by atoms with Gasteiger partial charge in [-0.25, -0.2) is 0 Å². The standard InChI is InChI=1S/C19H29N3O4/c1-20-19(22-14-11-13-6-8-15(14)26-13)21-10-9-12-5-7-16(23-2)18(25-4)17(12)24-3/h5,7,13-15H,6,8-11H2,1-4H3,(H2,20,21,22). The van der Waals surface area contributed by atoms with Crippen molar-refractivity contribution in [2.75, 3.05) is 34.9 Å². The minimum Gasteiger partial charge on any atom is -0.493 e. The van der Waals surface area contributed by atoms with E-state index in [1.54, 1.807) is 28.4 Å². The van der Waals surface area contributed by atoms with Gasteiger partial charge in [-0.05, 0) is 31.7 Å². The smallest absolute Gasteiger partial charge is 0.203 e. The summed E-state index contributed by atoms with van der Waals surface area (Å²) < 4.78 is 22.2. The average Bonchev–Trinajstić information content (AvgIpc) is 3.29. The van der Waals surface area contributed by atoms with E-state index in [1.165, 1.54) is 6.42 Å². The van der Waals surface area contributed by atoms with Crippen molar-refractivity contribution < 1.29 is 18.9 Å². The molecule has 2 N–H and O–H groups in total. The Balaban J connectivity index is 1.56. The summed E-state index contributed by atoms with van der Waals surface area (Å²) in [5.41, 5.74) is 1.05. The molecule has 7 nitrogen and oxygen atoms in total. The predicted octanol–water partition coefficient (Wildman–Crippen LogP) is 1.74. The third kappa shape index (κ3) is 3.82. The maximum atomic E-state index is 5.89. The molecule has 0 spiro atoms. The molecule has 26 heavy (non-hydrogen) atoms. The molecule has 3 rings (SSSR count). The van der Waals surface area contributed by atoms with Crippen molar-refractivity contribution in [3.8, 4) is 17.2 Å². The Labute approximate surface area is 155 Å². The zero-order chi connectivity index (χ0) is 18.5. The zero-order valence-corrected chi connectivity index (χ0v) is 16.0. The van der Waals surface area contributed by atoms with Crippen LogP contribution < -0.4 is 24.8 Å². The lowest BCUT2D eigenvalue weighted by molar-refractivity contribution is 0.0992. The number of guanidine groups is 1. The molecule has 7 heteroatoms. The molecule has 2 fully saturated rings. The minimum absolute atomic E-state index is 0.324. The average molecular weight is 363 g/mol. The van der Waals surface area contributed by atoms with Crippen LogP contribution in [0, 0.1) is 0 Å². The molecular formula is C19H29N3O4. The minimum atomic E-state index is 0.324. The van der Waals surface area contributed by atoms with Crippen molar-refractivity contribution >= 4 is 5.96 Å². The molecule has 2 aliphatic rings. The number of nitrogens with zero attached hydrogens (tertiary/aromatic N) is 1. The number of methoxy groups -OCH3 is 3. The van der Waals surface area contributed by atoms with Crippen LogP contribution in [0.1, 0.15) is 24.8 Å². The molecule has 0 radical (unpaired) electrons. The summed E-state index contributed by atoms with van der Waals surface area (Å²) >= 11 is 0. The summed E-state index contributed by atoms with van der Waals surface area (Å²) in [7, 11) is 6.67. The first-order valence-electron chi connectivity index (χ1n) is 9.10. The van der Waals surface area contributed by atoms with Gasteiger partial charge in [-0.3, -0.25) is 4.99 Å². The van der Waals surface area contributed by atoms with Gasteiger partial charge in [-0.15, -0.1) is 0 Å². The lowest BCUT2D eigenvalue weighted by atomic mass is 9.96. The van der Waals surface area contributed by atoms with Gasteiger partial charge in [0, 0.05) is 19.2 Å². The van der Waals surface area contributed by atoms with E-state index in [4.69, 9.17) is 18.9 Å². The maximum absolute atomic E-state index is 5.89. The number of hydrogen-bond acceptors (Lipinski definition) is 5. The number of benzene rings is 1. The molecule has 2 aliphatic heterocycles. The van der Waals surface area contributed by atoms with Crippen molar-refractivity contribution in [1.82, 2.24) is 10.6 Å². The molecule has 1 aromatic rings. The van der Waals surface area contributed by atoms with E-state index in [9.17, 15) is 0 Å². The van der Waals surface area contributed by atoms with Gasteiger partial charge in [0.25, 0.3) is 0 Å². The lowest BCUT2D eigenvalue weighted by Gasteiger charge is -2.23. The molecule has 0 saturated carbocycles. The first kappa shape index (κ1) is 18.6. The Morgan fingerprint density at radius 1 is 1.15 bits per heavy atom. The van der Waals surface area contributed by atoms with Crippen LogP contribution >= 0.6 is 0 Å². The summed E-state index contributed by atoms with van der Waals surface area (Å²) in [6.07, 6.45) is 4.92. The molecule has 3 atom stereocenters. The molecular weight excluding hydrogens is 334 g/mol. The van der Waals surface area contributed by atoms with Crippen molar-refractivity contribution in [1.29, 1.82) is 0 Å². The van der Waals surface area contributed by atoms with Gasteiger partial charge in [-0.1, -0.05) is 6.07 Å². The monoisotopic (exact) mass is 363 g/mol. The Kier molecular flexibility index (Phi) is 6.08. The van der Waals surface area contributed by atoms with Crippen LogP contribution in [0.4, 0.5) is 0 Å². The van der Waals surface area contributed by atoms with E-state index in [0.717, 1.165) is 37.3 Å². The maximum Gasteiger partial charge on any atom is 0.203 e. The number of rotatable bonds is 7. The fourth-order valence-corrected chi connectivity index (χ4v) is 3.84. The van der Waals surface area contributed by atoms with E-state index in [0.29, 0.717) is 35.5 Å². The summed E-state index contributed by atoms with van der Waals surface area (Å²) in [5, 5.41) is 6.87. The highest BCUT2D eigenvalue weighted by molar-refractivity contribution is 5.80. The van der Waals surface area contributed by atoms with E-state index in [-0.39, 0.29) is 0 Å². The van der Waals surface area contributed by atoms with Crippen molar-refractivity contribution in [2.45, 2.75) is 43.9 Å². The van der Waals surface area contributed by atoms with Crippen LogP contribution in [0.3, 0.4) is 0 Å². The first-order valence-corrected chi connectivity index (χ1v) is 9.10. The molecule has 2 heterocycles. The van der Waals surface area contributed by atoms with Crippen molar-refractivity contribution in [3.63, 3.8) is 0 Å². The number of aliphatic imine (C=N–C) groups is 1. The molecule has 0 aliphatic carbocycles. The SMILES string of the molecule is CN=C(NCCc1ccc(OC)c(OC)c1OC)NC1CC2CCC1O2. The molecule has 2 bridgehead atoms. The zero-order valence-electron chi connectivity index (χ0n) is 16.0. The Morgan fingerprint density at radius 2 is 1.96 bits per heavy atom. The fourth-order valence-electron chi connectivity index (χ4n) is 3.84. The predicted molar refractivity (Wildman–Crippen MR) is 101 cm³/mol. The largest absolute Gasteiger partial charge is 0.493 e. The highest BCUT2D eigenvalue weighted by atomic mass is 16.5. The summed E-state index contributed by atoms with van der Waals surface area (Å²) in [6.45, 7) is 0.729. The van der Waals surface area contributed by atoms with Gasteiger partial charge in [0.1, 0.15) is 0 Å². The quantitative estimate of drug-likeness (QED) is 0.568. The third-order valence-electron chi connectivity index (χ3n) is 5.12. The van der Waals surface area contributed by atoms with E-state index in [2.05, 4.69) is 15.6 Å². The summed E-state index contributed by atoms with van der Waals surface area (Å²) in [6, 6.07) is 4.26. The van der Waals surface area contributed by atoms with Crippen molar-refractivity contribution in [2.24, 2.45) is 4.99 Å². The number of hydrogen-bond donors (Lipinski definition) is 2. The molecule has 0 aromatic heterocycles. The Hall–Kier alpha value is -2.15.